The van der Waals surface area contributed by atoms with E-state index in [1.54, 1.807) is 0 Å². The molecular weight excluding hydrogens is 246 g/mol. The number of para-hydroxylation sites is 1. The first-order valence-corrected chi connectivity index (χ1v) is 7.33. The molecule has 2 aromatic rings. The van der Waals surface area contributed by atoms with Crippen LogP contribution in [-0.4, -0.2) is 18.1 Å². The molecule has 1 N–H and O–H groups in total. The van der Waals surface area contributed by atoms with Gasteiger partial charge in [-0.15, -0.1) is 0 Å². The van der Waals surface area contributed by atoms with Crippen LogP contribution in [0.3, 0.4) is 0 Å². The number of benzene rings is 1. The molecule has 2 rings (SSSR count). The van der Waals surface area contributed by atoms with Crippen LogP contribution in [0.15, 0.2) is 48.5 Å². The van der Waals surface area contributed by atoms with Crippen LogP contribution in [0.4, 0.5) is 11.5 Å². The average molecular weight is 269 g/mol. The molecule has 0 spiro atoms. The Morgan fingerprint density at radius 1 is 1.00 bits per heavy atom. The van der Waals surface area contributed by atoms with Gasteiger partial charge in [-0.3, -0.25) is 0 Å². The molecule has 106 valence electrons. The first-order chi connectivity index (χ1) is 9.83. The zero-order chi connectivity index (χ0) is 14.2. The number of hydrogen-bond acceptors (Lipinski definition) is 3. The van der Waals surface area contributed by atoms with Gasteiger partial charge in [0.25, 0.3) is 0 Å². The fourth-order valence-electron chi connectivity index (χ4n) is 2.14. The fraction of sp³-hybridized carbons (Fsp3) is 0.353. The molecule has 1 aromatic heterocycles. The minimum atomic E-state index is 0.835. The smallest absolute Gasteiger partial charge is 0.126 e. The summed E-state index contributed by atoms with van der Waals surface area (Å²) in [5, 5.41) is 3.34. The van der Waals surface area contributed by atoms with Crippen molar-refractivity contribution in [3.8, 4) is 0 Å². The molecule has 0 aliphatic carbocycles. The molecule has 0 aliphatic rings. The van der Waals surface area contributed by atoms with Crippen LogP contribution in [0.1, 0.15) is 26.0 Å². The second-order valence-corrected chi connectivity index (χ2v) is 4.79. The van der Waals surface area contributed by atoms with Crippen molar-refractivity contribution in [1.82, 2.24) is 4.98 Å². The minimum Gasteiger partial charge on any atom is -0.370 e. The maximum absolute atomic E-state index is 4.67. The van der Waals surface area contributed by atoms with E-state index in [1.807, 2.05) is 12.1 Å². The highest BCUT2D eigenvalue weighted by atomic mass is 15.1. The van der Waals surface area contributed by atoms with Crippen LogP contribution in [-0.2, 0) is 6.54 Å². The molecule has 20 heavy (non-hydrogen) atoms. The third kappa shape index (κ3) is 3.98. The van der Waals surface area contributed by atoms with Crippen LogP contribution >= 0.6 is 0 Å². The summed E-state index contributed by atoms with van der Waals surface area (Å²) >= 11 is 0. The van der Waals surface area contributed by atoms with Crippen molar-refractivity contribution in [2.75, 3.05) is 23.3 Å². The molecule has 1 aromatic carbocycles. The van der Waals surface area contributed by atoms with Gasteiger partial charge in [0, 0.05) is 18.8 Å². The molecule has 0 amide bonds. The monoisotopic (exact) mass is 269 g/mol. The van der Waals surface area contributed by atoms with E-state index < -0.39 is 0 Å². The Morgan fingerprint density at radius 3 is 2.50 bits per heavy atom. The summed E-state index contributed by atoms with van der Waals surface area (Å²) in [7, 11) is 0. The Balaban J connectivity index is 2.07. The minimum absolute atomic E-state index is 0.835. The van der Waals surface area contributed by atoms with Gasteiger partial charge in [-0.25, -0.2) is 4.98 Å². The molecule has 0 atom stereocenters. The maximum Gasteiger partial charge on any atom is 0.126 e. The molecule has 3 heteroatoms. The number of anilines is 2. The summed E-state index contributed by atoms with van der Waals surface area (Å²) in [5.74, 6) is 0.966. The van der Waals surface area contributed by atoms with Crippen molar-refractivity contribution < 1.29 is 0 Å². The quantitative estimate of drug-likeness (QED) is 0.825. The molecule has 0 saturated heterocycles. The van der Waals surface area contributed by atoms with Gasteiger partial charge in [0.1, 0.15) is 5.82 Å². The number of hydrogen-bond donors (Lipinski definition) is 1. The first kappa shape index (κ1) is 14.4. The van der Waals surface area contributed by atoms with Gasteiger partial charge in [0.05, 0.1) is 12.2 Å². The van der Waals surface area contributed by atoms with Gasteiger partial charge in [0.15, 0.2) is 0 Å². The third-order valence-corrected chi connectivity index (χ3v) is 3.22. The molecule has 0 saturated carbocycles. The van der Waals surface area contributed by atoms with E-state index in [0.717, 1.165) is 37.6 Å². The summed E-state index contributed by atoms with van der Waals surface area (Å²) in [4.78, 5) is 7.00. The highest BCUT2D eigenvalue weighted by molar-refractivity contribution is 5.46. The maximum atomic E-state index is 4.67. The largest absolute Gasteiger partial charge is 0.370 e. The Hall–Kier alpha value is -2.03. The Kier molecular flexibility index (Phi) is 5.42. The standard InChI is InChI=1S/C17H23N3/c1-3-13-18-17-12-8-9-15(19-17)14-20(4-2)16-10-6-5-7-11-16/h5-12H,3-4,13-14H2,1-2H3,(H,18,19). The van der Waals surface area contributed by atoms with Crippen molar-refractivity contribution in [3.05, 3.63) is 54.2 Å². The molecule has 0 bridgehead atoms. The van der Waals surface area contributed by atoms with E-state index in [-0.39, 0.29) is 0 Å². The first-order valence-electron chi connectivity index (χ1n) is 7.33. The lowest BCUT2D eigenvalue weighted by atomic mass is 10.2. The molecule has 0 fully saturated rings. The second kappa shape index (κ2) is 7.53. The van der Waals surface area contributed by atoms with E-state index in [2.05, 4.69) is 65.4 Å². The summed E-state index contributed by atoms with van der Waals surface area (Å²) in [6, 6.07) is 16.7. The van der Waals surface area contributed by atoms with Gasteiger partial charge in [-0.1, -0.05) is 31.2 Å². The van der Waals surface area contributed by atoms with Crippen LogP contribution in [0.25, 0.3) is 0 Å². The van der Waals surface area contributed by atoms with Crippen molar-refractivity contribution >= 4 is 11.5 Å². The number of pyridine rings is 1. The van der Waals surface area contributed by atoms with Crippen molar-refractivity contribution in [3.63, 3.8) is 0 Å². The molecular formula is C17H23N3. The summed E-state index contributed by atoms with van der Waals surface area (Å²) in [6.45, 7) is 7.10. The lowest BCUT2D eigenvalue weighted by Gasteiger charge is -2.22. The Bertz CT molecular complexity index is 511. The lowest BCUT2D eigenvalue weighted by Crippen LogP contribution is -2.22. The van der Waals surface area contributed by atoms with Gasteiger partial charge in [-0.2, -0.15) is 0 Å². The van der Waals surface area contributed by atoms with Crippen LogP contribution in [0, 0.1) is 0 Å². The van der Waals surface area contributed by atoms with Gasteiger partial charge in [-0.05, 0) is 37.6 Å². The number of nitrogens with zero attached hydrogens (tertiary/aromatic N) is 2. The second-order valence-electron chi connectivity index (χ2n) is 4.79. The average Bonchev–Trinajstić information content (AvgIpc) is 2.52. The van der Waals surface area contributed by atoms with Gasteiger partial charge in [0.2, 0.25) is 0 Å². The van der Waals surface area contributed by atoms with E-state index in [4.69, 9.17) is 0 Å². The Labute approximate surface area is 121 Å². The van der Waals surface area contributed by atoms with E-state index in [1.165, 1.54) is 5.69 Å². The number of nitrogens with one attached hydrogen (secondary N) is 1. The Morgan fingerprint density at radius 2 is 1.80 bits per heavy atom. The normalized spacial score (nSPS) is 10.3. The van der Waals surface area contributed by atoms with Gasteiger partial charge >= 0.3 is 0 Å². The highest BCUT2D eigenvalue weighted by Crippen LogP contribution is 2.16. The summed E-state index contributed by atoms with van der Waals surface area (Å²) in [5.41, 5.74) is 2.33. The zero-order valence-electron chi connectivity index (χ0n) is 12.3. The summed E-state index contributed by atoms with van der Waals surface area (Å²) in [6.07, 6.45) is 1.11. The topological polar surface area (TPSA) is 28.2 Å². The van der Waals surface area contributed by atoms with Gasteiger partial charge < -0.3 is 10.2 Å². The van der Waals surface area contributed by atoms with Crippen molar-refractivity contribution in [2.24, 2.45) is 0 Å². The lowest BCUT2D eigenvalue weighted by molar-refractivity contribution is 0.809. The zero-order valence-corrected chi connectivity index (χ0v) is 12.3. The number of rotatable bonds is 7. The SMILES string of the molecule is CCCNc1cccc(CN(CC)c2ccccc2)n1. The van der Waals surface area contributed by atoms with Crippen LogP contribution in [0.5, 0.6) is 0 Å². The molecule has 0 aliphatic heterocycles. The summed E-state index contributed by atoms with van der Waals surface area (Å²) < 4.78 is 0. The van der Waals surface area contributed by atoms with E-state index >= 15 is 0 Å². The molecule has 1 heterocycles. The predicted molar refractivity (Wildman–Crippen MR) is 86.2 cm³/mol. The van der Waals surface area contributed by atoms with Crippen LogP contribution < -0.4 is 10.2 Å². The predicted octanol–water partition coefficient (Wildman–Crippen LogP) is 3.93. The van der Waals surface area contributed by atoms with E-state index in [0.29, 0.717) is 0 Å². The van der Waals surface area contributed by atoms with Crippen molar-refractivity contribution in [2.45, 2.75) is 26.8 Å². The van der Waals surface area contributed by atoms with Crippen LogP contribution in [0.2, 0.25) is 0 Å². The molecule has 0 unspecified atom stereocenters. The number of aromatic nitrogens is 1. The molecule has 3 nitrogen and oxygen atoms in total. The van der Waals surface area contributed by atoms with E-state index in [9.17, 15) is 0 Å². The highest BCUT2D eigenvalue weighted by Gasteiger charge is 2.06. The molecule has 0 radical (unpaired) electrons. The third-order valence-electron chi connectivity index (χ3n) is 3.22. The van der Waals surface area contributed by atoms with Crippen molar-refractivity contribution in [1.29, 1.82) is 0 Å². The fourth-order valence-corrected chi connectivity index (χ4v) is 2.14.